The average Bonchev–Trinajstić information content (AvgIpc) is 2.17. The number of amides is 1. The Morgan fingerprint density at radius 2 is 1.79 bits per heavy atom. The van der Waals surface area contributed by atoms with Crippen LogP contribution in [-0.2, 0) is 10.2 Å². The SMILES string of the molecule is CC(C)(C(=O)NN)c1ccc(N)cc1. The number of carbonyl (C=O) groups excluding carboxylic acids is 1. The first kappa shape index (κ1) is 10.5. The highest BCUT2D eigenvalue weighted by atomic mass is 16.2. The van der Waals surface area contributed by atoms with Crippen molar-refractivity contribution >= 4 is 11.6 Å². The second-order valence-corrected chi connectivity index (χ2v) is 3.72. The second-order valence-electron chi connectivity index (χ2n) is 3.72. The molecule has 1 rings (SSSR count). The van der Waals surface area contributed by atoms with Crippen molar-refractivity contribution in [3.05, 3.63) is 29.8 Å². The number of rotatable bonds is 2. The van der Waals surface area contributed by atoms with Gasteiger partial charge in [0.15, 0.2) is 0 Å². The van der Waals surface area contributed by atoms with E-state index in [1.165, 1.54) is 0 Å². The molecule has 1 amide bonds. The minimum Gasteiger partial charge on any atom is -0.399 e. The molecule has 0 bridgehead atoms. The Hall–Kier alpha value is -1.55. The maximum atomic E-state index is 11.5. The third-order valence-corrected chi connectivity index (χ3v) is 2.33. The van der Waals surface area contributed by atoms with Crippen LogP contribution in [0, 0.1) is 0 Å². The summed E-state index contributed by atoms with van der Waals surface area (Å²) in [5.41, 5.74) is 8.63. The van der Waals surface area contributed by atoms with Gasteiger partial charge in [-0.05, 0) is 31.5 Å². The Labute approximate surface area is 83.3 Å². The lowest BCUT2D eigenvalue weighted by molar-refractivity contribution is -0.125. The van der Waals surface area contributed by atoms with Crippen molar-refractivity contribution in [2.45, 2.75) is 19.3 Å². The average molecular weight is 193 g/mol. The van der Waals surface area contributed by atoms with E-state index in [4.69, 9.17) is 11.6 Å². The zero-order valence-corrected chi connectivity index (χ0v) is 8.37. The first-order valence-corrected chi connectivity index (χ1v) is 4.35. The number of hydrogen-bond donors (Lipinski definition) is 3. The fourth-order valence-corrected chi connectivity index (χ4v) is 1.21. The second kappa shape index (κ2) is 3.67. The summed E-state index contributed by atoms with van der Waals surface area (Å²) >= 11 is 0. The minimum absolute atomic E-state index is 0.220. The number of nitrogen functional groups attached to an aromatic ring is 1. The molecule has 0 saturated heterocycles. The van der Waals surface area contributed by atoms with Gasteiger partial charge in [0, 0.05) is 5.69 Å². The Morgan fingerprint density at radius 3 is 2.21 bits per heavy atom. The number of benzene rings is 1. The molecular formula is C10H15N3O. The number of nitrogens with one attached hydrogen (secondary N) is 1. The number of carbonyl (C=O) groups is 1. The van der Waals surface area contributed by atoms with E-state index in [1.807, 2.05) is 12.1 Å². The van der Waals surface area contributed by atoms with Gasteiger partial charge in [-0.2, -0.15) is 0 Å². The number of hydrazine groups is 1. The molecule has 0 aliphatic carbocycles. The molecule has 0 aliphatic heterocycles. The lowest BCUT2D eigenvalue weighted by atomic mass is 9.84. The van der Waals surface area contributed by atoms with Gasteiger partial charge >= 0.3 is 0 Å². The van der Waals surface area contributed by atoms with Crippen molar-refractivity contribution in [2.24, 2.45) is 5.84 Å². The molecule has 1 aromatic rings. The van der Waals surface area contributed by atoms with Crippen molar-refractivity contribution in [1.29, 1.82) is 0 Å². The third-order valence-electron chi connectivity index (χ3n) is 2.33. The fourth-order valence-electron chi connectivity index (χ4n) is 1.21. The van der Waals surface area contributed by atoms with Crippen LogP contribution < -0.4 is 17.0 Å². The first-order valence-electron chi connectivity index (χ1n) is 4.35. The van der Waals surface area contributed by atoms with Crippen LogP contribution in [0.2, 0.25) is 0 Å². The molecular weight excluding hydrogens is 178 g/mol. The highest BCUT2D eigenvalue weighted by Crippen LogP contribution is 2.23. The van der Waals surface area contributed by atoms with Gasteiger partial charge in [0.1, 0.15) is 0 Å². The topological polar surface area (TPSA) is 81.1 Å². The van der Waals surface area contributed by atoms with E-state index in [1.54, 1.807) is 26.0 Å². The standard InChI is InChI=1S/C10H15N3O/c1-10(2,9(14)13-12)7-3-5-8(11)6-4-7/h3-6H,11-12H2,1-2H3,(H,13,14). The molecule has 14 heavy (non-hydrogen) atoms. The number of anilines is 1. The molecule has 0 spiro atoms. The van der Waals surface area contributed by atoms with Crippen LogP contribution in [0.1, 0.15) is 19.4 Å². The Bertz CT molecular complexity index is 330. The van der Waals surface area contributed by atoms with E-state index < -0.39 is 5.41 Å². The van der Waals surface area contributed by atoms with E-state index in [0.29, 0.717) is 5.69 Å². The normalized spacial score (nSPS) is 11.1. The van der Waals surface area contributed by atoms with E-state index in [-0.39, 0.29) is 5.91 Å². The van der Waals surface area contributed by atoms with Crippen LogP contribution in [0.4, 0.5) is 5.69 Å². The van der Waals surface area contributed by atoms with Crippen LogP contribution >= 0.6 is 0 Å². The summed E-state index contributed by atoms with van der Waals surface area (Å²) in [5.74, 6) is 4.88. The number of hydrogen-bond acceptors (Lipinski definition) is 3. The monoisotopic (exact) mass is 193 g/mol. The van der Waals surface area contributed by atoms with Crippen molar-refractivity contribution in [1.82, 2.24) is 5.43 Å². The van der Waals surface area contributed by atoms with Gasteiger partial charge in [-0.15, -0.1) is 0 Å². The third kappa shape index (κ3) is 1.85. The summed E-state index contributed by atoms with van der Waals surface area (Å²) in [6, 6.07) is 7.18. The largest absolute Gasteiger partial charge is 0.399 e. The van der Waals surface area contributed by atoms with Crippen molar-refractivity contribution in [2.75, 3.05) is 5.73 Å². The van der Waals surface area contributed by atoms with Crippen LogP contribution in [0.3, 0.4) is 0 Å². The van der Waals surface area contributed by atoms with Crippen LogP contribution in [0.25, 0.3) is 0 Å². The van der Waals surface area contributed by atoms with E-state index >= 15 is 0 Å². The highest BCUT2D eigenvalue weighted by molar-refractivity contribution is 5.86. The molecule has 0 atom stereocenters. The molecule has 76 valence electrons. The van der Waals surface area contributed by atoms with E-state index in [2.05, 4.69) is 5.43 Å². The summed E-state index contributed by atoms with van der Waals surface area (Å²) in [4.78, 5) is 11.5. The Kier molecular flexibility index (Phi) is 2.76. The molecule has 0 radical (unpaired) electrons. The van der Waals surface area contributed by atoms with Crippen molar-refractivity contribution < 1.29 is 4.79 Å². The lowest BCUT2D eigenvalue weighted by Gasteiger charge is -2.22. The molecule has 4 heteroatoms. The molecule has 1 aromatic carbocycles. The molecule has 4 nitrogen and oxygen atoms in total. The van der Waals surface area contributed by atoms with E-state index in [0.717, 1.165) is 5.56 Å². The van der Waals surface area contributed by atoms with Gasteiger partial charge in [0.2, 0.25) is 5.91 Å². The predicted molar refractivity (Wildman–Crippen MR) is 56.2 cm³/mol. The zero-order valence-electron chi connectivity index (χ0n) is 8.37. The molecule has 0 unspecified atom stereocenters. The van der Waals surface area contributed by atoms with Gasteiger partial charge in [0.05, 0.1) is 5.41 Å². The van der Waals surface area contributed by atoms with Crippen molar-refractivity contribution in [3.63, 3.8) is 0 Å². The van der Waals surface area contributed by atoms with Crippen LogP contribution in [-0.4, -0.2) is 5.91 Å². The lowest BCUT2D eigenvalue weighted by Crippen LogP contribution is -2.43. The highest BCUT2D eigenvalue weighted by Gasteiger charge is 2.28. The van der Waals surface area contributed by atoms with Gasteiger partial charge < -0.3 is 5.73 Å². The smallest absolute Gasteiger partial charge is 0.243 e. The van der Waals surface area contributed by atoms with Crippen LogP contribution in [0.5, 0.6) is 0 Å². The van der Waals surface area contributed by atoms with Crippen LogP contribution in [0.15, 0.2) is 24.3 Å². The first-order chi connectivity index (χ1) is 6.48. The quantitative estimate of drug-likeness (QED) is 0.277. The Morgan fingerprint density at radius 1 is 1.29 bits per heavy atom. The van der Waals surface area contributed by atoms with Gasteiger partial charge in [-0.1, -0.05) is 12.1 Å². The summed E-state index contributed by atoms with van der Waals surface area (Å²) in [5, 5.41) is 0. The maximum absolute atomic E-state index is 11.5. The number of nitrogens with two attached hydrogens (primary N) is 2. The summed E-state index contributed by atoms with van der Waals surface area (Å²) in [7, 11) is 0. The maximum Gasteiger partial charge on any atom is 0.243 e. The van der Waals surface area contributed by atoms with E-state index in [9.17, 15) is 4.79 Å². The molecule has 0 fully saturated rings. The van der Waals surface area contributed by atoms with Gasteiger partial charge in [-0.25, -0.2) is 5.84 Å². The molecule has 0 aromatic heterocycles. The van der Waals surface area contributed by atoms with Crippen molar-refractivity contribution in [3.8, 4) is 0 Å². The Balaban J connectivity index is 3.03. The molecule has 0 heterocycles. The minimum atomic E-state index is -0.636. The zero-order chi connectivity index (χ0) is 10.8. The molecule has 0 saturated carbocycles. The predicted octanol–water partition coefficient (Wildman–Crippen LogP) is 0.536. The summed E-state index contributed by atoms with van der Waals surface area (Å²) < 4.78 is 0. The molecule has 5 N–H and O–H groups in total. The molecule has 0 aliphatic rings. The summed E-state index contributed by atoms with van der Waals surface area (Å²) in [6.45, 7) is 3.61. The van der Waals surface area contributed by atoms with Gasteiger partial charge in [0.25, 0.3) is 0 Å². The summed E-state index contributed by atoms with van der Waals surface area (Å²) in [6.07, 6.45) is 0. The fraction of sp³-hybridized carbons (Fsp3) is 0.300. The van der Waals surface area contributed by atoms with Gasteiger partial charge in [-0.3, -0.25) is 10.2 Å².